The molecule has 2 nitrogen and oxygen atoms in total. The molecule has 0 aromatic heterocycles. The maximum absolute atomic E-state index is 13.5. The number of benzene rings is 2. The second-order valence-corrected chi connectivity index (χ2v) is 4.58. The Morgan fingerprint density at radius 1 is 1.16 bits per heavy atom. The van der Waals surface area contributed by atoms with Gasteiger partial charge in [-0.25, -0.2) is 8.78 Å². The maximum atomic E-state index is 13.5. The molecule has 0 amide bonds. The SMILES string of the molecule is Cc1cc(Nc2ccc(F)cc2F)ccc1C(N)=S. The first-order valence-corrected chi connectivity index (χ1v) is 6.01. The van der Waals surface area contributed by atoms with Crippen LogP contribution in [0, 0.1) is 18.6 Å². The highest BCUT2D eigenvalue weighted by Gasteiger charge is 2.06. The van der Waals surface area contributed by atoms with Gasteiger partial charge < -0.3 is 11.1 Å². The molecule has 0 bridgehead atoms. The maximum Gasteiger partial charge on any atom is 0.149 e. The van der Waals surface area contributed by atoms with Gasteiger partial charge in [-0.15, -0.1) is 0 Å². The lowest BCUT2D eigenvalue weighted by Crippen LogP contribution is -2.11. The minimum absolute atomic E-state index is 0.212. The Kier molecular flexibility index (Phi) is 3.76. The van der Waals surface area contributed by atoms with E-state index in [4.69, 9.17) is 18.0 Å². The first kappa shape index (κ1) is 13.4. The summed E-state index contributed by atoms with van der Waals surface area (Å²) in [7, 11) is 0. The number of hydrogen-bond donors (Lipinski definition) is 2. The average Bonchev–Trinajstić information content (AvgIpc) is 2.32. The highest BCUT2D eigenvalue weighted by Crippen LogP contribution is 2.22. The van der Waals surface area contributed by atoms with Crippen LogP contribution < -0.4 is 11.1 Å². The Hall–Kier alpha value is -2.01. The monoisotopic (exact) mass is 278 g/mol. The van der Waals surface area contributed by atoms with E-state index in [2.05, 4.69) is 5.32 Å². The van der Waals surface area contributed by atoms with Crippen molar-refractivity contribution in [3.63, 3.8) is 0 Å². The predicted octanol–water partition coefficient (Wildman–Crippen LogP) is 3.65. The van der Waals surface area contributed by atoms with Crippen molar-refractivity contribution in [3.8, 4) is 0 Å². The van der Waals surface area contributed by atoms with Gasteiger partial charge in [-0.2, -0.15) is 0 Å². The van der Waals surface area contributed by atoms with Crippen molar-refractivity contribution < 1.29 is 8.78 Å². The Labute approximate surface area is 115 Å². The van der Waals surface area contributed by atoms with Crippen molar-refractivity contribution in [3.05, 3.63) is 59.2 Å². The van der Waals surface area contributed by atoms with Crippen LogP contribution >= 0.6 is 12.2 Å². The van der Waals surface area contributed by atoms with Crippen LogP contribution in [0.3, 0.4) is 0 Å². The first-order chi connectivity index (χ1) is 8.97. The molecule has 2 rings (SSSR count). The Morgan fingerprint density at radius 2 is 1.89 bits per heavy atom. The van der Waals surface area contributed by atoms with E-state index >= 15 is 0 Å². The molecular weight excluding hydrogens is 266 g/mol. The third kappa shape index (κ3) is 3.06. The van der Waals surface area contributed by atoms with Crippen LogP contribution in [0.15, 0.2) is 36.4 Å². The van der Waals surface area contributed by atoms with Gasteiger partial charge in [0.2, 0.25) is 0 Å². The summed E-state index contributed by atoms with van der Waals surface area (Å²) in [6.07, 6.45) is 0. The number of nitrogens with two attached hydrogens (primary N) is 1. The van der Waals surface area contributed by atoms with Gasteiger partial charge in [-0.1, -0.05) is 12.2 Å². The predicted molar refractivity (Wildman–Crippen MR) is 76.7 cm³/mol. The molecule has 0 saturated heterocycles. The molecule has 19 heavy (non-hydrogen) atoms. The van der Waals surface area contributed by atoms with Crippen molar-refractivity contribution in [2.75, 3.05) is 5.32 Å². The van der Waals surface area contributed by atoms with Crippen molar-refractivity contribution in [2.24, 2.45) is 5.73 Å². The number of thiocarbonyl (C=S) groups is 1. The van der Waals surface area contributed by atoms with Crippen LogP contribution in [0.4, 0.5) is 20.2 Å². The molecule has 0 radical (unpaired) electrons. The van der Waals surface area contributed by atoms with Crippen LogP contribution in [-0.4, -0.2) is 4.99 Å². The minimum atomic E-state index is -0.643. The van der Waals surface area contributed by atoms with E-state index in [0.29, 0.717) is 10.7 Å². The molecule has 0 fully saturated rings. The molecule has 0 aliphatic rings. The van der Waals surface area contributed by atoms with Gasteiger partial charge >= 0.3 is 0 Å². The van der Waals surface area contributed by atoms with Crippen LogP contribution in [0.25, 0.3) is 0 Å². The van der Waals surface area contributed by atoms with Gasteiger partial charge in [0.05, 0.1) is 5.69 Å². The van der Waals surface area contributed by atoms with Crippen LogP contribution in [0.1, 0.15) is 11.1 Å². The van der Waals surface area contributed by atoms with Crippen molar-refractivity contribution in [1.29, 1.82) is 0 Å². The fourth-order valence-electron chi connectivity index (χ4n) is 1.76. The third-order valence-electron chi connectivity index (χ3n) is 2.70. The Bertz CT molecular complexity index is 641. The molecule has 2 aromatic rings. The quantitative estimate of drug-likeness (QED) is 0.842. The van der Waals surface area contributed by atoms with Crippen LogP contribution in [0.2, 0.25) is 0 Å². The van der Waals surface area contributed by atoms with Crippen molar-refractivity contribution >= 4 is 28.6 Å². The van der Waals surface area contributed by atoms with Crippen molar-refractivity contribution in [1.82, 2.24) is 0 Å². The molecule has 5 heteroatoms. The average molecular weight is 278 g/mol. The number of halogens is 2. The van der Waals surface area contributed by atoms with Gasteiger partial charge in [0.15, 0.2) is 0 Å². The van der Waals surface area contributed by atoms with Crippen LogP contribution in [-0.2, 0) is 0 Å². The lowest BCUT2D eigenvalue weighted by Gasteiger charge is -2.10. The zero-order chi connectivity index (χ0) is 14.0. The number of aryl methyl sites for hydroxylation is 1. The van der Waals surface area contributed by atoms with Gasteiger partial charge in [0, 0.05) is 17.3 Å². The summed E-state index contributed by atoms with van der Waals surface area (Å²) in [6, 6.07) is 8.69. The third-order valence-corrected chi connectivity index (χ3v) is 2.92. The second-order valence-electron chi connectivity index (χ2n) is 4.14. The Balaban J connectivity index is 2.29. The molecule has 0 atom stereocenters. The number of hydrogen-bond acceptors (Lipinski definition) is 2. The molecular formula is C14H12F2N2S. The zero-order valence-corrected chi connectivity index (χ0v) is 11.0. The highest BCUT2D eigenvalue weighted by molar-refractivity contribution is 7.80. The summed E-state index contributed by atoms with van der Waals surface area (Å²) in [4.78, 5) is 0.317. The highest BCUT2D eigenvalue weighted by atomic mass is 32.1. The molecule has 0 aliphatic heterocycles. The molecule has 0 aliphatic carbocycles. The molecule has 0 saturated carbocycles. The summed E-state index contributed by atoms with van der Waals surface area (Å²) < 4.78 is 26.3. The summed E-state index contributed by atoms with van der Waals surface area (Å²) in [5.74, 6) is -1.25. The van der Waals surface area contributed by atoms with Crippen LogP contribution in [0.5, 0.6) is 0 Å². The lowest BCUT2D eigenvalue weighted by atomic mass is 10.1. The molecule has 98 valence electrons. The zero-order valence-electron chi connectivity index (χ0n) is 10.2. The standard InChI is InChI=1S/C14H12F2N2S/c1-8-6-10(3-4-11(8)14(17)19)18-13-5-2-9(15)7-12(13)16/h2-7,18H,1H3,(H2,17,19). The van der Waals surface area contributed by atoms with E-state index in [9.17, 15) is 8.78 Å². The normalized spacial score (nSPS) is 10.3. The van der Waals surface area contributed by atoms with Gasteiger partial charge in [0.1, 0.15) is 16.6 Å². The molecule has 2 aromatic carbocycles. The topological polar surface area (TPSA) is 38.0 Å². The fourth-order valence-corrected chi connectivity index (χ4v) is 1.99. The largest absolute Gasteiger partial charge is 0.389 e. The summed E-state index contributed by atoms with van der Waals surface area (Å²) in [6.45, 7) is 1.86. The molecule has 3 N–H and O–H groups in total. The summed E-state index contributed by atoms with van der Waals surface area (Å²) >= 11 is 4.91. The summed E-state index contributed by atoms with van der Waals surface area (Å²) in [5.41, 5.74) is 8.13. The van der Waals surface area contributed by atoms with E-state index in [-0.39, 0.29) is 5.69 Å². The lowest BCUT2D eigenvalue weighted by molar-refractivity contribution is 0.586. The second kappa shape index (κ2) is 5.32. The van der Waals surface area contributed by atoms with Gasteiger partial charge in [0.25, 0.3) is 0 Å². The molecule has 0 spiro atoms. The van der Waals surface area contributed by atoms with E-state index < -0.39 is 11.6 Å². The number of nitrogens with one attached hydrogen (secondary N) is 1. The number of anilines is 2. The molecule has 0 heterocycles. The van der Waals surface area contributed by atoms with E-state index in [1.165, 1.54) is 12.1 Å². The minimum Gasteiger partial charge on any atom is -0.389 e. The fraction of sp³-hybridized carbons (Fsp3) is 0.0714. The Morgan fingerprint density at radius 3 is 2.47 bits per heavy atom. The van der Waals surface area contributed by atoms with Gasteiger partial charge in [-0.05, 0) is 42.8 Å². The number of rotatable bonds is 3. The van der Waals surface area contributed by atoms with E-state index in [1.807, 2.05) is 6.92 Å². The summed E-state index contributed by atoms with van der Waals surface area (Å²) in [5, 5.41) is 2.88. The van der Waals surface area contributed by atoms with Crippen molar-refractivity contribution in [2.45, 2.75) is 6.92 Å². The van der Waals surface area contributed by atoms with E-state index in [1.54, 1.807) is 18.2 Å². The van der Waals surface area contributed by atoms with Gasteiger partial charge in [-0.3, -0.25) is 0 Å². The first-order valence-electron chi connectivity index (χ1n) is 5.60. The smallest absolute Gasteiger partial charge is 0.149 e. The van der Waals surface area contributed by atoms with E-state index in [0.717, 1.165) is 17.2 Å². The molecule has 0 unspecified atom stereocenters.